The minimum atomic E-state index is -0.497. The largest absolute Gasteiger partial charge is 0.308 e. The van der Waals surface area contributed by atoms with Gasteiger partial charge in [-0.25, -0.2) is 4.39 Å². The van der Waals surface area contributed by atoms with Crippen molar-refractivity contribution in [2.75, 3.05) is 11.4 Å². The van der Waals surface area contributed by atoms with Gasteiger partial charge in [0.1, 0.15) is 5.82 Å². The molecule has 2 aromatic carbocycles. The summed E-state index contributed by atoms with van der Waals surface area (Å²) in [5.74, 6) is -0.793. The van der Waals surface area contributed by atoms with Crippen LogP contribution in [0.4, 0.5) is 10.1 Å². The number of carbonyl (C=O) groups excluding carboxylic acids is 1. The van der Waals surface area contributed by atoms with Gasteiger partial charge in [0, 0.05) is 16.7 Å². The van der Waals surface area contributed by atoms with Crippen molar-refractivity contribution in [3.8, 4) is 0 Å². The van der Waals surface area contributed by atoms with E-state index in [1.54, 1.807) is 17.0 Å². The van der Waals surface area contributed by atoms with Crippen molar-refractivity contribution < 1.29 is 9.18 Å². The SMILES string of the molecule is O=C(c1c(F)cccc1Br)N1CCc2ccccc21. The number of rotatable bonds is 1. The van der Waals surface area contributed by atoms with Crippen LogP contribution in [0.5, 0.6) is 0 Å². The van der Waals surface area contributed by atoms with Crippen LogP contribution in [0.15, 0.2) is 46.9 Å². The molecule has 1 aliphatic heterocycles. The molecule has 3 rings (SSSR count). The number of fused-ring (bicyclic) bond motifs is 1. The van der Waals surface area contributed by atoms with Crippen molar-refractivity contribution in [1.29, 1.82) is 0 Å². The molecule has 19 heavy (non-hydrogen) atoms. The third kappa shape index (κ3) is 2.06. The van der Waals surface area contributed by atoms with Crippen LogP contribution in [0.1, 0.15) is 15.9 Å². The predicted molar refractivity (Wildman–Crippen MR) is 75.9 cm³/mol. The van der Waals surface area contributed by atoms with Crippen LogP contribution in [-0.4, -0.2) is 12.5 Å². The molecule has 1 aliphatic rings. The summed E-state index contributed by atoms with van der Waals surface area (Å²) in [5.41, 5.74) is 2.10. The van der Waals surface area contributed by atoms with Gasteiger partial charge in [-0.3, -0.25) is 4.79 Å². The molecular formula is C15H11BrFNO. The van der Waals surface area contributed by atoms with E-state index in [1.165, 1.54) is 6.07 Å². The van der Waals surface area contributed by atoms with Crippen molar-refractivity contribution in [3.63, 3.8) is 0 Å². The number of hydrogen-bond acceptors (Lipinski definition) is 1. The zero-order valence-corrected chi connectivity index (χ0v) is 11.7. The fourth-order valence-corrected chi connectivity index (χ4v) is 2.90. The Hall–Kier alpha value is -1.68. The molecule has 0 saturated carbocycles. The van der Waals surface area contributed by atoms with Gasteiger partial charge in [0.05, 0.1) is 5.56 Å². The molecule has 0 atom stereocenters. The highest BCUT2D eigenvalue weighted by Crippen LogP contribution is 2.31. The number of benzene rings is 2. The van der Waals surface area contributed by atoms with Gasteiger partial charge in [0.25, 0.3) is 5.91 Å². The van der Waals surface area contributed by atoms with Gasteiger partial charge in [0.2, 0.25) is 0 Å². The molecule has 0 N–H and O–H groups in total. The molecule has 0 saturated heterocycles. The molecule has 0 aromatic heterocycles. The van der Waals surface area contributed by atoms with Crippen LogP contribution < -0.4 is 4.90 Å². The van der Waals surface area contributed by atoms with Crippen LogP contribution >= 0.6 is 15.9 Å². The lowest BCUT2D eigenvalue weighted by atomic mass is 10.1. The van der Waals surface area contributed by atoms with Crippen molar-refractivity contribution in [3.05, 3.63) is 63.9 Å². The molecule has 0 fully saturated rings. The van der Waals surface area contributed by atoms with E-state index >= 15 is 0 Å². The Morgan fingerprint density at radius 1 is 1.16 bits per heavy atom. The minimum Gasteiger partial charge on any atom is -0.308 e. The Balaban J connectivity index is 2.03. The van der Waals surface area contributed by atoms with E-state index in [-0.39, 0.29) is 11.5 Å². The second-order valence-electron chi connectivity index (χ2n) is 4.43. The topological polar surface area (TPSA) is 20.3 Å². The molecule has 1 heterocycles. The third-order valence-electron chi connectivity index (χ3n) is 3.31. The van der Waals surface area contributed by atoms with Gasteiger partial charge in [-0.2, -0.15) is 0 Å². The van der Waals surface area contributed by atoms with E-state index in [0.29, 0.717) is 11.0 Å². The van der Waals surface area contributed by atoms with Crippen LogP contribution in [0.25, 0.3) is 0 Å². The summed E-state index contributed by atoms with van der Waals surface area (Å²) in [7, 11) is 0. The van der Waals surface area contributed by atoms with Gasteiger partial charge in [0.15, 0.2) is 0 Å². The first-order valence-electron chi connectivity index (χ1n) is 6.02. The molecule has 0 aliphatic carbocycles. The maximum absolute atomic E-state index is 13.9. The second kappa shape index (κ2) is 4.78. The standard InChI is InChI=1S/C15H11BrFNO/c16-11-5-3-6-12(17)14(11)15(19)18-9-8-10-4-1-2-7-13(10)18/h1-7H,8-9H2. The molecule has 0 spiro atoms. The summed E-state index contributed by atoms with van der Waals surface area (Å²) < 4.78 is 14.3. The number of nitrogens with zero attached hydrogens (tertiary/aromatic N) is 1. The highest BCUT2D eigenvalue weighted by Gasteiger charge is 2.28. The van der Waals surface area contributed by atoms with Gasteiger partial charge in [-0.15, -0.1) is 0 Å². The van der Waals surface area contributed by atoms with Crippen molar-refractivity contribution in [2.24, 2.45) is 0 Å². The number of anilines is 1. The van der Waals surface area contributed by atoms with Crippen LogP contribution in [0, 0.1) is 5.82 Å². The number of halogens is 2. The summed E-state index contributed by atoms with van der Waals surface area (Å²) in [6.07, 6.45) is 0.813. The molecule has 0 unspecified atom stereocenters. The van der Waals surface area contributed by atoms with Gasteiger partial charge < -0.3 is 4.90 Å². The lowest BCUT2D eigenvalue weighted by Gasteiger charge is -2.18. The van der Waals surface area contributed by atoms with Crippen LogP contribution in [0.2, 0.25) is 0 Å². The van der Waals surface area contributed by atoms with Gasteiger partial charge >= 0.3 is 0 Å². The molecule has 2 aromatic rings. The molecule has 1 amide bonds. The lowest BCUT2D eigenvalue weighted by Crippen LogP contribution is -2.30. The maximum Gasteiger partial charge on any atom is 0.262 e. The quantitative estimate of drug-likeness (QED) is 0.783. The first-order chi connectivity index (χ1) is 9.18. The second-order valence-corrected chi connectivity index (χ2v) is 5.29. The predicted octanol–water partition coefficient (Wildman–Crippen LogP) is 3.79. The summed E-state index contributed by atoms with van der Waals surface area (Å²) >= 11 is 3.25. The van der Waals surface area contributed by atoms with E-state index in [0.717, 1.165) is 17.7 Å². The Morgan fingerprint density at radius 2 is 1.95 bits per heavy atom. The molecule has 96 valence electrons. The summed E-state index contributed by atoms with van der Waals surface area (Å²) in [4.78, 5) is 14.1. The fourth-order valence-electron chi connectivity index (χ4n) is 2.39. The highest BCUT2D eigenvalue weighted by molar-refractivity contribution is 9.10. The summed E-state index contributed by atoms with van der Waals surface area (Å²) in [5, 5.41) is 0. The van der Waals surface area contributed by atoms with E-state index in [9.17, 15) is 9.18 Å². The Kier molecular flexibility index (Phi) is 3.11. The van der Waals surface area contributed by atoms with Gasteiger partial charge in [-0.1, -0.05) is 24.3 Å². The number of carbonyl (C=O) groups is 1. The molecular weight excluding hydrogens is 309 g/mol. The Bertz CT molecular complexity index is 636. The van der Waals surface area contributed by atoms with Crippen molar-refractivity contribution >= 4 is 27.5 Å². The van der Waals surface area contributed by atoms with E-state index in [4.69, 9.17) is 0 Å². The number of hydrogen-bond donors (Lipinski definition) is 0. The zero-order valence-electron chi connectivity index (χ0n) is 10.1. The Morgan fingerprint density at radius 3 is 2.74 bits per heavy atom. The van der Waals surface area contributed by atoms with Crippen LogP contribution in [0.3, 0.4) is 0 Å². The Labute approximate surface area is 119 Å². The fraction of sp³-hybridized carbons (Fsp3) is 0.133. The number of amides is 1. The summed E-state index contributed by atoms with van der Waals surface area (Å²) in [6.45, 7) is 0.596. The number of para-hydroxylation sites is 1. The smallest absolute Gasteiger partial charge is 0.262 e. The van der Waals surface area contributed by atoms with E-state index in [2.05, 4.69) is 15.9 Å². The van der Waals surface area contributed by atoms with Gasteiger partial charge in [-0.05, 0) is 46.1 Å². The molecule has 0 bridgehead atoms. The average Bonchev–Trinajstić information content (AvgIpc) is 2.82. The first kappa shape index (κ1) is 12.4. The van der Waals surface area contributed by atoms with Crippen molar-refractivity contribution in [2.45, 2.75) is 6.42 Å². The average molecular weight is 320 g/mol. The minimum absolute atomic E-state index is 0.0965. The van der Waals surface area contributed by atoms with E-state index in [1.807, 2.05) is 24.3 Å². The highest BCUT2D eigenvalue weighted by atomic mass is 79.9. The first-order valence-corrected chi connectivity index (χ1v) is 6.81. The molecule has 4 heteroatoms. The molecule has 0 radical (unpaired) electrons. The monoisotopic (exact) mass is 319 g/mol. The van der Waals surface area contributed by atoms with Crippen molar-refractivity contribution in [1.82, 2.24) is 0 Å². The van der Waals surface area contributed by atoms with Crippen LogP contribution in [-0.2, 0) is 6.42 Å². The van der Waals surface area contributed by atoms with E-state index < -0.39 is 5.82 Å². The summed E-state index contributed by atoms with van der Waals surface area (Å²) in [6, 6.07) is 12.3. The lowest BCUT2D eigenvalue weighted by molar-refractivity contribution is 0.0984. The molecule has 2 nitrogen and oxygen atoms in total. The maximum atomic E-state index is 13.9. The third-order valence-corrected chi connectivity index (χ3v) is 3.97. The zero-order chi connectivity index (χ0) is 13.4. The normalized spacial score (nSPS) is 13.5.